The molecule has 1 fully saturated rings. The normalized spacial score (nSPS) is 15.3. The van der Waals surface area contributed by atoms with Gasteiger partial charge in [-0.2, -0.15) is 0 Å². The Morgan fingerprint density at radius 3 is 2.86 bits per heavy atom. The Labute approximate surface area is 126 Å². The van der Waals surface area contributed by atoms with Gasteiger partial charge in [0.05, 0.1) is 13.2 Å². The summed E-state index contributed by atoms with van der Waals surface area (Å²) >= 11 is 1.40. The molecule has 1 aliphatic rings. The SMILES string of the molecule is CNc1ncnc(Sc2nnnn2C2CCCC2)c1OC. The summed E-state index contributed by atoms with van der Waals surface area (Å²) < 4.78 is 7.30. The van der Waals surface area contributed by atoms with Gasteiger partial charge in [-0.05, 0) is 35.0 Å². The fraction of sp³-hybridized carbons (Fsp3) is 0.583. The molecule has 112 valence electrons. The molecule has 0 radical (unpaired) electrons. The van der Waals surface area contributed by atoms with Crippen molar-refractivity contribution in [2.75, 3.05) is 19.5 Å². The lowest BCUT2D eigenvalue weighted by Gasteiger charge is -2.12. The molecule has 0 atom stereocenters. The summed E-state index contributed by atoms with van der Waals surface area (Å²) in [5.74, 6) is 1.25. The van der Waals surface area contributed by atoms with Crippen molar-refractivity contribution in [3.8, 4) is 5.75 Å². The predicted molar refractivity (Wildman–Crippen MR) is 77.6 cm³/mol. The average molecular weight is 307 g/mol. The van der Waals surface area contributed by atoms with Crippen LogP contribution in [0.25, 0.3) is 0 Å². The molecule has 1 N–H and O–H groups in total. The Hall–Kier alpha value is -1.90. The molecule has 0 bridgehead atoms. The van der Waals surface area contributed by atoms with E-state index in [-0.39, 0.29) is 0 Å². The van der Waals surface area contributed by atoms with Gasteiger partial charge >= 0.3 is 0 Å². The molecular formula is C12H17N7OS. The number of methoxy groups -OCH3 is 1. The maximum Gasteiger partial charge on any atom is 0.216 e. The van der Waals surface area contributed by atoms with E-state index in [1.165, 1.54) is 30.9 Å². The van der Waals surface area contributed by atoms with Crippen LogP contribution in [0.15, 0.2) is 16.5 Å². The molecule has 0 spiro atoms. The Morgan fingerprint density at radius 1 is 1.33 bits per heavy atom. The number of rotatable bonds is 5. The first-order valence-corrected chi connectivity index (χ1v) is 7.67. The first kappa shape index (κ1) is 14.1. The van der Waals surface area contributed by atoms with Gasteiger partial charge in [-0.25, -0.2) is 14.6 Å². The van der Waals surface area contributed by atoms with Gasteiger partial charge < -0.3 is 10.1 Å². The second-order valence-electron chi connectivity index (χ2n) is 4.76. The second kappa shape index (κ2) is 6.25. The predicted octanol–water partition coefficient (Wildman–Crippen LogP) is 1.78. The third-order valence-electron chi connectivity index (χ3n) is 3.53. The number of anilines is 1. The van der Waals surface area contributed by atoms with Crippen LogP contribution < -0.4 is 10.1 Å². The summed E-state index contributed by atoms with van der Waals surface area (Å²) in [7, 11) is 3.39. The lowest BCUT2D eigenvalue weighted by Crippen LogP contribution is -2.08. The molecule has 8 nitrogen and oxygen atoms in total. The van der Waals surface area contributed by atoms with Gasteiger partial charge in [0, 0.05) is 7.05 Å². The Morgan fingerprint density at radius 2 is 2.14 bits per heavy atom. The van der Waals surface area contributed by atoms with E-state index in [0.29, 0.717) is 22.6 Å². The summed E-state index contributed by atoms with van der Waals surface area (Å²) in [6, 6.07) is 0.388. The zero-order valence-electron chi connectivity index (χ0n) is 12.0. The molecule has 0 amide bonds. The molecule has 2 heterocycles. The fourth-order valence-electron chi connectivity index (χ4n) is 2.51. The van der Waals surface area contributed by atoms with Gasteiger partial charge in [0.25, 0.3) is 0 Å². The van der Waals surface area contributed by atoms with E-state index >= 15 is 0 Å². The number of nitrogens with one attached hydrogen (secondary N) is 1. The molecule has 0 saturated heterocycles. The lowest BCUT2D eigenvalue weighted by molar-refractivity contribution is 0.399. The van der Waals surface area contributed by atoms with Crippen LogP contribution in [0.3, 0.4) is 0 Å². The van der Waals surface area contributed by atoms with Gasteiger partial charge in [0.2, 0.25) is 5.16 Å². The summed E-state index contributed by atoms with van der Waals surface area (Å²) in [6.07, 6.45) is 6.22. The fourth-order valence-corrected chi connectivity index (χ4v) is 3.41. The minimum atomic E-state index is 0.388. The standard InChI is InChI=1S/C12H17N7OS/c1-13-10-9(20-2)11(15-7-14-10)21-12-16-17-18-19(12)8-5-3-4-6-8/h7-8H,3-6H2,1-2H3,(H,13,14,15). The molecule has 1 aliphatic carbocycles. The molecule has 0 unspecified atom stereocenters. The highest BCUT2D eigenvalue weighted by Gasteiger charge is 2.23. The Balaban J connectivity index is 1.89. The van der Waals surface area contributed by atoms with Gasteiger partial charge in [-0.15, -0.1) is 5.10 Å². The maximum absolute atomic E-state index is 5.40. The average Bonchev–Trinajstić information content (AvgIpc) is 3.17. The van der Waals surface area contributed by atoms with Crippen LogP contribution in [-0.2, 0) is 0 Å². The topological polar surface area (TPSA) is 90.6 Å². The quantitative estimate of drug-likeness (QED) is 0.836. The van der Waals surface area contributed by atoms with Crippen LogP contribution in [0.5, 0.6) is 5.75 Å². The molecular weight excluding hydrogens is 290 g/mol. The zero-order chi connectivity index (χ0) is 14.7. The molecule has 21 heavy (non-hydrogen) atoms. The van der Waals surface area contributed by atoms with E-state index in [1.54, 1.807) is 14.2 Å². The van der Waals surface area contributed by atoms with Crippen LogP contribution in [0, 0.1) is 0 Å². The molecule has 2 aromatic heterocycles. The van der Waals surface area contributed by atoms with Gasteiger partial charge in [0.15, 0.2) is 16.6 Å². The lowest BCUT2D eigenvalue weighted by atomic mass is 10.3. The van der Waals surface area contributed by atoms with Crippen molar-refractivity contribution in [2.45, 2.75) is 41.9 Å². The first-order valence-electron chi connectivity index (χ1n) is 6.86. The van der Waals surface area contributed by atoms with Crippen molar-refractivity contribution in [1.29, 1.82) is 0 Å². The number of hydrogen-bond donors (Lipinski definition) is 1. The maximum atomic E-state index is 5.40. The third-order valence-corrected chi connectivity index (χ3v) is 4.47. The smallest absolute Gasteiger partial charge is 0.216 e. The summed E-state index contributed by atoms with van der Waals surface area (Å²) in [5, 5.41) is 16.5. The van der Waals surface area contributed by atoms with Crippen molar-refractivity contribution in [2.24, 2.45) is 0 Å². The molecule has 9 heteroatoms. The van der Waals surface area contributed by atoms with Gasteiger partial charge in [-0.1, -0.05) is 12.8 Å². The molecule has 0 aliphatic heterocycles. The van der Waals surface area contributed by atoms with Crippen molar-refractivity contribution >= 4 is 17.6 Å². The number of ether oxygens (including phenoxy) is 1. The number of tetrazole rings is 1. The summed E-state index contributed by atoms with van der Waals surface area (Å²) in [4.78, 5) is 8.42. The highest BCUT2D eigenvalue weighted by Crippen LogP contribution is 2.38. The Bertz CT molecular complexity index is 611. The van der Waals surface area contributed by atoms with Gasteiger partial charge in [-0.3, -0.25) is 0 Å². The minimum Gasteiger partial charge on any atom is -0.490 e. The second-order valence-corrected chi connectivity index (χ2v) is 5.71. The van der Waals surface area contributed by atoms with Crippen LogP contribution in [-0.4, -0.2) is 44.3 Å². The molecule has 0 aromatic carbocycles. The van der Waals surface area contributed by atoms with E-state index in [2.05, 4.69) is 30.8 Å². The van der Waals surface area contributed by atoms with E-state index in [1.807, 2.05) is 4.68 Å². The highest BCUT2D eigenvalue weighted by atomic mass is 32.2. The number of hydrogen-bond acceptors (Lipinski definition) is 8. The van der Waals surface area contributed by atoms with Crippen LogP contribution in [0.1, 0.15) is 31.7 Å². The molecule has 3 rings (SSSR count). The zero-order valence-corrected chi connectivity index (χ0v) is 12.8. The first-order chi connectivity index (χ1) is 10.3. The number of aromatic nitrogens is 6. The monoisotopic (exact) mass is 307 g/mol. The largest absolute Gasteiger partial charge is 0.490 e. The van der Waals surface area contributed by atoms with Crippen LogP contribution in [0.2, 0.25) is 0 Å². The molecule has 2 aromatic rings. The minimum absolute atomic E-state index is 0.388. The van der Waals surface area contributed by atoms with E-state index in [4.69, 9.17) is 4.74 Å². The van der Waals surface area contributed by atoms with Crippen molar-refractivity contribution < 1.29 is 4.74 Å². The Kier molecular flexibility index (Phi) is 4.18. The number of nitrogens with zero attached hydrogens (tertiary/aromatic N) is 6. The van der Waals surface area contributed by atoms with Gasteiger partial charge in [0.1, 0.15) is 6.33 Å². The van der Waals surface area contributed by atoms with Crippen molar-refractivity contribution in [1.82, 2.24) is 30.2 Å². The van der Waals surface area contributed by atoms with Crippen molar-refractivity contribution in [3.05, 3.63) is 6.33 Å². The summed E-state index contributed by atoms with van der Waals surface area (Å²) in [6.45, 7) is 0. The van der Waals surface area contributed by atoms with Crippen LogP contribution in [0.4, 0.5) is 5.82 Å². The molecule has 1 saturated carbocycles. The van der Waals surface area contributed by atoms with E-state index in [9.17, 15) is 0 Å². The van der Waals surface area contributed by atoms with Crippen LogP contribution >= 0.6 is 11.8 Å². The third kappa shape index (κ3) is 2.78. The van der Waals surface area contributed by atoms with E-state index < -0.39 is 0 Å². The summed E-state index contributed by atoms with van der Waals surface area (Å²) in [5.41, 5.74) is 0. The van der Waals surface area contributed by atoms with Crippen molar-refractivity contribution in [3.63, 3.8) is 0 Å². The highest BCUT2D eigenvalue weighted by molar-refractivity contribution is 7.99. The van der Waals surface area contributed by atoms with E-state index in [0.717, 1.165) is 18.0 Å².